The molecule has 2 aliphatic rings. The maximum atomic E-state index is 12.8. The lowest BCUT2D eigenvalue weighted by molar-refractivity contribution is -0.117. The number of hydrogen-bond donors (Lipinski definition) is 1. The average Bonchev–Trinajstić information content (AvgIpc) is 2.61. The summed E-state index contributed by atoms with van der Waals surface area (Å²) in [5, 5.41) is 3.68. The number of piperidine rings is 1. The van der Waals surface area contributed by atoms with Gasteiger partial charge < -0.3 is 5.32 Å². The molecule has 0 radical (unpaired) electrons. The van der Waals surface area contributed by atoms with Crippen molar-refractivity contribution in [3.63, 3.8) is 0 Å². The van der Waals surface area contributed by atoms with E-state index in [1.54, 1.807) is 22.5 Å². The van der Waals surface area contributed by atoms with Gasteiger partial charge in [0.1, 0.15) is 0 Å². The number of halogens is 2. The first-order valence-corrected chi connectivity index (χ1v) is 11.6. The molecular formula is C18H26Cl2N4O3S. The van der Waals surface area contributed by atoms with Crippen LogP contribution in [0, 0.1) is 5.92 Å². The highest BCUT2D eigenvalue weighted by Gasteiger charge is 2.34. The first kappa shape index (κ1) is 21.8. The summed E-state index contributed by atoms with van der Waals surface area (Å²) in [5.74, 6) is 0.399. The fraction of sp³-hybridized carbons (Fsp3) is 0.611. The second-order valence-corrected chi connectivity index (χ2v) is 10.3. The van der Waals surface area contributed by atoms with Gasteiger partial charge in [-0.05, 0) is 37.0 Å². The molecule has 156 valence electrons. The van der Waals surface area contributed by atoms with Gasteiger partial charge in [0.2, 0.25) is 5.91 Å². The van der Waals surface area contributed by atoms with Gasteiger partial charge in [0.05, 0.1) is 6.54 Å². The smallest absolute Gasteiger partial charge is 0.282 e. The van der Waals surface area contributed by atoms with Gasteiger partial charge in [0.15, 0.2) is 0 Å². The Hall–Kier alpha value is -0.900. The van der Waals surface area contributed by atoms with Crippen molar-refractivity contribution in [2.75, 3.05) is 51.1 Å². The molecule has 0 saturated carbocycles. The highest BCUT2D eigenvalue weighted by molar-refractivity contribution is 7.86. The summed E-state index contributed by atoms with van der Waals surface area (Å²) in [6.45, 7) is 5.36. The van der Waals surface area contributed by atoms with E-state index in [0.717, 1.165) is 12.8 Å². The molecule has 28 heavy (non-hydrogen) atoms. The van der Waals surface area contributed by atoms with Crippen LogP contribution in [0.25, 0.3) is 0 Å². The molecule has 2 fully saturated rings. The summed E-state index contributed by atoms with van der Waals surface area (Å²) in [6, 6.07) is 4.87. The minimum absolute atomic E-state index is 0.181. The number of nitrogens with one attached hydrogen (secondary N) is 1. The number of carbonyl (C=O) groups is 1. The molecular weight excluding hydrogens is 423 g/mol. The zero-order valence-electron chi connectivity index (χ0n) is 15.9. The predicted molar refractivity (Wildman–Crippen MR) is 112 cm³/mol. The molecule has 1 N–H and O–H groups in total. The summed E-state index contributed by atoms with van der Waals surface area (Å²) in [4.78, 5) is 14.2. The van der Waals surface area contributed by atoms with Gasteiger partial charge in [-0.25, -0.2) is 0 Å². The zero-order chi connectivity index (χ0) is 20.3. The van der Waals surface area contributed by atoms with Crippen LogP contribution in [0.4, 0.5) is 5.69 Å². The number of benzene rings is 1. The fourth-order valence-corrected chi connectivity index (χ4v) is 5.68. The highest BCUT2D eigenvalue weighted by atomic mass is 35.5. The molecule has 3 rings (SSSR count). The predicted octanol–water partition coefficient (Wildman–Crippen LogP) is 2.53. The Morgan fingerprint density at radius 2 is 1.54 bits per heavy atom. The molecule has 0 aliphatic carbocycles. The number of rotatable bonds is 5. The van der Waals surface area contributed by atoms with Crippen LogP contribution in [-0.4, -0.2) is 73.6 Å². The summed E-state index contributed by atoms with van der Waals surface area (Å²) in [6.07, 6.45) is 1.82. The van der Waals surface area contributed by atoms with Crippen LogP contribution in [0.1, 0.15) is 19.8 Å². The van der Waals surface area contributed by atoms with E-state index in [9.17, 15) is 13.2 Å². The zero-order valence-corrected chi connectivity index (χ0v) is 18.2. The standard InChI is InChI=1S/C18H26Cl2N4O3S/c1-14-2-4-23(5-3-14)28(26,27)24-8-6-22(7-9-24)13-18(25)21-17-11-15(19)10-16(20)12-17/h10-12,14H,2-9,13H2,1H3,(H,21,25). The Balaban J connectivity index is 1.49. The van der Waals surface area contributed by atoms with E-state index in [1.807, 2.05) is 4.90 Å². The Morgan fingerprint density at radius 1 is 1.00 bits per heavy atom. The SMILES string of the molecule is CC1CCN(S(=O)(=O)N2CCN(CC(=O)Nc3cc(Cl)cc(Cl)c3)CC2)CC1. The van der Waals surface area contributed by atoms with Crippen LogP contribution in [0.2, 0.25) is 10.0 Å². The molecule has 0 aromatic heterocycles. The molecule has 0 unspecified atom stereocenters. The van der Waals surface area contributed by atoms with Crippen molar-refractivity contribution < 1.29 is 13.2 Å². The van der Waals surface area contributed by atoms with Crippen molar-refractivity contribution in [1.29, 1.82) is 0 Å². The molecule has 1 aromatic carbocycles. The normalized spacial score (nSPS) is 21.0. The van der Waals surface area contributed by atoms with E-state index in [4.69, 9.17) is 23.2 Å². The summed E-state index contributed by atoms with van der Waals surface area (Å²) in [7, 11) is -3.41. The lowest BCUT2D eigenvalue weighted by Gasteiger charge is -2.38. The quantitative estimate of drug-likeness (QED) is 0.750. The summed E-state index contributed by atoms with van der Waals surface area (Å²) < 4.78 is 28.8. The molecule has 0 bridgehead atoms. The second kappa shape index (κ2) is 9.28. The van der Waals surface area contributed by atoms with E-state index in [-0.39, 0.29) is 12.5 Å². The molecule has 10 heteroatoms. The number of amides is 1. The number of carbonyl (C=O) groups excluding carboxylic acids is 1. The van der Waals surface area contributed by atoms with Gasteiger partial charge in [0.25, 0.3) is 10.2 Å². The Morgan fingerprint density at radius 3 is 2.11 bits per heavy atom. The lowest BCUT2D eigenvalue weighted by atomic mass is 10.0. The van der Waals surface area contributed by atoms with Gasteiger partial charge in [0, 0.05) is 55.0 Å². The Kier molecular flexibility index (Phi) is 7.22. The molecule has 2 saturated heterocycles. The van der Waals surface area contributed by atoms with Crippen molar-refractivity contribution in [2.24, 2.45) is 5.92 Å². The number of hydrogen-bond acceptors (Lipinski definition) is 4. The minimum Gasteiger partial charge on any atom is -0.325 e. The minimum atomic E-state index is -3.41. The topological polar surface area (TPSA) is 73.0 Å². The van der Waals surface area contributed by atoms with E-state index < -0.39 is 10.2 Å². The Bertz CT molecular complexity index is 785. The van der Waals surface area contributed by atoms with Crippen molar-refractivity contribution in [3.05, 3.63) is 28.2 Å². The third-order valence-corrected chi connectivity index (χ3v) is 7.71. The van der Waals surface area contributed by atoms with Gasteiger partial charge in [-0.2, -0.15) is 17.0 Å². The largest absolute Gasteiger partial charge is 0.325 e. The van der Waals surface area contributed by atoms with Crippen LogP contribution in [-0.2, 0) is 15.0 Å². The van der Waals surface area contributed by atoms with Gasteiger partial charge in [-0.1, -0.05) is 30.1 Å². The fourth-order valence-electron chi connectivity index (χ4n) is 3.53. The van der Waals surface area contributed by atoms with Crippen molar-refractivity contribution >= 4 is 45.0 Å². The van der Waals surface area contributed by atoms with Crippen molar-refractivity contribution in [1.82, 2.24) is 13.5 Å². The molecule has 1 amide bonds. The molecule has 1 aromatic rings. The molecule has 2 heterocycles. The van der Waals surface area contributed by atoms with Gasteiger partial charge in [-0.15, -0.1) is 0 Å². The van der Waals surface area contributed by atoms with Crippen LogP contribution < -0.4 is 5.32 Å². The molecule has 7 nitrogen and oxygen atoms in total. The van der Waals surface area contributed by atoms with Crippen LogP contribution in [0.15, 0.2) is 18.2 Å². The van der Waals surface area contributed by atoms with Crippen LogP contribution in [0.3, 0.4) is 0 Å². The number of piperazine rings is 1. The molecule has 0 spiro atoms. The highest BCUT2D eigenvalue weighted by Crippen LogP contribution is 2.23. The maximum absolute atomic E-state index is 12.8. The van der Waals surface area contributed by atoms with E-state index in [0.29, 0.717) is 60.9 Å². The van der Waals surface area contributed by atoms with Gasteiger partial charge >= 0.3 is 0 Å². The number of anilines is 1. The first-order valence-electron chi connectivity index (χ1n) is 9.47. The van der Waals surface area contributed by atoms with Crippen LogP contribution >= 0.6 is 23.2 Å². The third-order valence-electron chi connectivity index (χ3n) is 5.24. The molecule has 2 aliphatic heterocycles. The monoisotopic (exact) mass is 448 g/mol. The Labute approximate surface area is 176 Å². The van der Waals surface area contributed by atoms with E-state index in [1.165, 1.54) is 4.31 Å². The summed E-state index contributed by atoms with van der Waals surface area (Å²) >= 11 is 11.9. The van der Waals surface area contributed by atoms with E-state index in [2.05, 4.69) is 12.2 Å². The van der Waals surface area contributed by atoms with Gasteiger partial charge in [-0.3, -0.25) is 9.69 Å². The van der Waals surface area contributed by atoms with Crippen LogP contribution in [0.5, 0.6) is 0 Å². The van der Waals surface area contributed by atoms with E-state index >= 15 is 0 Å². The van der Waals surface area contributed by atoms with Crippen molar-refractivity contribution in [3.8, 4) is 0 Å². The number of nitrogens with zero attached hydrogens (tertiary/aromatic N) is 3. The summed E-state index contributed by atoms with van der Waals surface area (Å²) in [5.41, 5.74) is 0.544. The third kappa shape index (κ3) is 5.58. The average molecular weight is 449 g/mol. The lowest BCUT2D eigenvalue weighted by Crippen LogP contribution is -2.55. The van der Waals surface area contributed by atoms with Crippen molar-refractivity contribution in [2.45, 2.75) is 19.8 Å². The first-order chi connectivity index (χ1) is 13.2. The molecule has 0 atom stereocenters. The second-order valence-electron chi connectivity index (χ2n) is 7.47. The maximum Gasteiger partial charge on any atom is 0.282 e.